The second kappa shape index (κ2) is 9.56. The van der Waals surface area contributed by atoms with Gasteiger partial charge in [-0.25, -0.2) is 9.37 Å². The lowest BCUT2D eigenvalue weighted by molar-refractivity contribution is 0.0738. The van der Waals surface area contributed by atoms with E-state index < -0.39 is 11.9 Å². The summed E-state index contributed by atoms with van der Waals surface area (Å²) in [6, 6.07) is 4.12. The number of nitrogens with zero attached hydrogens (tertiary/aromatic N) is 4. The molecule has 0 bridgehead atoms. The molecule has 1 atom stereocenters. The molecule has 2 N–H and O–H groups in total. The maximum Gasteiger partial charge on any atom is 0.261 e. The average Bonchev–Trinajstić information content (AvgIpc) is 3.26. The van der Waals surface area contributed by atoms with Crippen LogP contribution in [-0.2, 0) is 4.74 Å². The van der Waals surface area contributed by atoms with Gasteiger partial charge in [-0.05, 0) is 69.7 Å². The Bertz CT molecular complexity index is 1170. The van der Waals surface area contributed by atoms with Crippen LogP contribution >= 0.6 is 0 Å². The Labute approximate surface area is 198 Å². The molecule has 5 rings (SSSR count). The summed E-state index contributed by atoms with van der Waals surface area (Å²) in [6.07, 6.45) is 3.28. The summed E-state index contributed by atoms with van der Waals surface area (Å²) in [7, 11) is 0. The number of aliphatic hydroxyl groups is 1. The van der Waals surface area contributed by atoms with Crippen LogP contribution in [0.1, 0.15) is 55.7 Å². The number of anilines is 1. The fourth-order valence-corrected chi connectivity index (χ4v) is 5.06. The van der Waals surface area contributed by atoms with Gasteiger partial charge in [0, 0.05) is 43.8 Å². The van der Waals surface area contributed by atoms with Crippen molar-refractivity contribution in [2.45, 2.75) is 64.6 Å². The van der Waals surface area contributed by atoms with Crippen LogP contribution in [0.3, 0.4) is 0 Å². The highest BCUT2D eigenvalue weighted by Crippen LogP contribution is 2.38. The number of aliphatic hydroxyl groups excluding tert-OH is 1. The second-order valence-electron chi connectivity index (χ2n) is 9.47. The van der Waals surface area contributed by atoms with Crippen molar-refractivity contribution in [2.24, 2.45) is 0 Å². The fourth-order valence-electron chi connectivity index (χ4n) is 5.06. The molecule has 2 aliphatic heterocycles. The van der Waals surface area contributed by atoms with Crippen LogP contribution in [0.5, 0.6) is 0 Å². The molecule has 0 saturated carbocycles. The molecule has 2 aliphatic rings. The number of aryl methyl sites for hydroxylation is 2. The van der Waals surface area contributed by atoms with Gasteiger partial charge in [0.15, 0.2) is 5.82 Å². The zero-order valence-corrected chi connectivity index (χ0v) is 20.0. The number of fused-ring (bicyclic) bond motifs is 1. The third-order valence-electron chi connectivity index (χ3n) is 7.02. The van der Waals surface area contributed by atoms with E-state index in [1.54, 1.807) is 19.9 Å². The third-order valence-corrected chi connectivity index (χ3v) is 7.02. The predicted molar refractivity (Wildman–Crippen MR) is 127 cm³/mol. The highest BCUT2D eigenvalue weighted by atomic mass is 19.1. The van der Waals surface area contributed by atoms with E-state index in [0.717, 1.165) is 63.1 Å². The Morgan fingerprint density at radius 2 is 1.79 bits per heavy atom. The molecule has 0 amide bonds. The second-order valence-corrected chi connectivity index (χ2v) is 9.47. The monoisotopic (exact) mass is 469 g/mol. The van der Waals surface area contributed by atoms with Crippen molar-refractivity contribution in [3.8, 4) is 11.5 Å². The van der Waals surface area contributed by atoms with E-state index in [0.29, 0.717) is 46.1 Å². The van der Waals surface area contributed by atoms with Gasteiger partial charge in [-0.3, -0.25) is 0 Å². The summed E-state index contributed by atoms with van der Waals surface area (Å²) in [4.78, 5) is 11.5. The average molecular weight is 470 g/mol. The van der Waals surface area contributed by atoms with Gasteiger partial charge in [0.05, 0.1) is 11.7 Å². The first-order valence-corrected chi connectivity index (χ1v) is 12.1. The number of halogens is 1. The number of aromatic nitrogens is 3. The first kappa shape index (κ1) is 23.1. The minimum absolute atomic E-state index is 0.291. The molecular weight excluding hydrogens is 437 g/mol. The Morgan fingerprint density at radius 1 is 1.09 bits per heavy atom. The van der Waals surface area contributed by atoms with Gasteiger partial charge in [0.25, 0.3) is 5.89 Å². The van der Waals surface area contributed by atoms with Crippen LogP contribution in [0.2, 0.25) is 0 Å². The molecule has 0 spiro atoms. The van der Waals surface area contributed by atoms with Crippen LogP contribution in [0.25, 0.3) is 22.4 Å². The van der Waals surface area contributed by atoms with Crippen LogP contribution in [0.4, 0.5) is 10.2 Å². The molecule has 1 aromatic carbocycles. The lowest BCUT2D eigenvalue weighted by atomic mass is 9.97. The van der Waals surface area contributed by atoms with Crippen LogP contribution in [0.15, 0.2) is 16.7 Å². The lowest BCUT2D eigenvalue weighted by Crippen LogP contribution is -2.48. The Hall–Kier alpha value is -2.62. The number of benzene rings is 1. The van der Waals surface area contributed by atoms with E-state index in [-0.39, 0.29) is 0 Å². The van der Waals surface area contributed by atoms with Crippen molar-refractivity contribution in [1.29, 1.82) is 0 Å². The minimum atomic E-state index is -0.783. The van der Waals surface area contributed by atoms with E-state index >= 15 is 4.39 Å². The summed E-state index contributed by atoms with van der Waals surface area (Å²) in [5.41, 5.74) is 2.34. The molecule has 2 aromatic heterocycles. The topological polar surface area (TPSA) is 96.5 Å². The molecule has 3 aromatic rings. The summed E-state index contributed by atoms with van der Waals surface area (Å²) < 4.78 is 26.2. The van der Waals surface area contributed by atoms with E-state index in [2.05, 4.69) is 20.4 Å². The predicted octanol–water partition coefficient (Wildman–Crippen LogP) is 3.83. The number of pyridine rings is 1. The molecule has 2 fully saturated rings. The summed E-state index contributed by atoms with van der Waals surface area (Å²) in [5.74, 6) is 1.14. The molecule has 2 saturated heterocycles. The van der Waals surface area contributed by atoms with E-state index in [1.165, 1.54) is 6.07 Å². The van der Waals surface area contributed by atoms with Gasteiger partial charge in [-0.2, -0.15) is 4.98 Å². The van der Waals surface area contributed by atoms with Gasteiger partial charge in [0.2, 0.25) is 0 Å². The number of ether oxygens (including phenoxy) is 1. The zero-order valence-electron chi connectivity index (χ0n) is 20.0. The van der Waals surface area contributed by atoms with E-state index in [4.69, 9.17) is 14.2 Å². The number of rotatable bonds is 5. The number of hydrogen-bond donors (Lipinski definition) is 2. The van der Waals surface area contributed by atoms with E-state index in [1.807, 2.05) is 6.92 Å². The van der Waals surface area contributed by atoms with Crippen LogP contribution < -0.4 is 10.2 Å². The van der Waals surface area contributed by atoms with Gasteiger partial charge in [-0.1, -0.05) is 5.16 Å². The first-order valence-electron chi connectivity index (χ1n) is 12.1. The largest absolute Gasteiger partial charge is 0.389 e. The van der Waals surface area contributed by atoms with Gasteiger partial charge < -0.3 is 24.6 Å². The molecule has 8 nitrogen and oxygen atoms in total. The van der Waals surface area contributed by atoms with Crippen molar-refractivity contribution >= 4 is 16.7 Å². The van der Waals surface area contributed by atoms with Gasteiger partial charge in [-0.15, -0.1) is 0 Å². The first-order chi connectivity index (χ1) is 16.4. The molecule has 0 aliphatic carbocycles. The molecule has 0 radical (unpaired) electrons. The Kier molecular flexibility index (Phi) is 6.50. The number of nitrogens with one attached hydrogen (secondary N) is 1. The fraction of sp³-hybridized carbons (Fsp3) is 0.560. The molecule has 1 unspecified atom stereocenters. The van der Waals surface area contributed by atoms with Crippen molar-refractivity contribution in [3.63, 3.8) is 0 Å². The molecule has 9 heteroatoms. The maximum atomic E-state index is 15.1. The number of piperidine rings is 1. The van der Waals surface area contributed by atoms with Gasteiger partial charge in [0.1, 0.15) is 17.2 Å². The van der Waals surface area contributed by atoms with Gasteiger partial charge >= 0.3 is 0 Å². The van der Waals surface area contributed by atoms with Crippen molar-refractivity contribution in [3.05, 3.63) is 34.9 Å². The summed E-state index contributed by atoms with van der Waals surface area (Å²) >= 11 is 0. The quantitative estimate of drug-likeness (QED) is 0.582. The van der Waals surface area contributed by atoms with Crippen molar-refractivity contribution < 1.29 is 18.8 Å². The highest BCUT2D eigenvalue weighted by molar-refractivity contribution is 5.93. The molecule has 182 valence electrons. The van der Waals surface area contributed by atoms with Crippen LogP contribution in [-0.4, -0.2) is 58.6 Å². The van der Waals surface area contributed by atoms with Crippen molar-refractivity contribution in [1.82, 2.24) is 20.4 Å². The zero-order chi connectivity index (χ0) is 23.8. The summed E-state index contributed by atoms with van der Waals surface area (Å²) in [5, 5.41) is 18.4. The standard InChI is InChI=1S/C25H32FN5O3/c1-14-20-12-17(15(2)32)13-21(26)23(20)29-24(22(14)25-27-16(3)30-34-25)31-8-4-18(5-9-31)28-19-6-10-33-11-7-19/h12-13,15,18-19,28,32H,4-11H2,1-3H3. The minimum Gasteiger partial charge on any atom is -0.389 e. The Balaban J connectivity index is 1.50. The summed E-state index contributed by atoms with van der Waals surface area (Å²) in [6.45, 7) is 8.57. The SMILES string of the molecule is Cc1noc(-c2c(N3CCC(NC4CCOCC4)CC3)nc3c(F)cc(C(C)O)cc3c2C)n1. The van der Waals surface area contributed by atoms with Crippen molar-refractivity contribution in [2.75, 3.05) is 31.2 Å². The maximum absolute atomic E-state index is 15.1. The molecule has 4 heterocycles. The Morgan fingerprint density at radius 3 is 2.44 bits per heavy atom. The smallest absolute Gasteiger partial charge is 0.261 e. The lowest BCUT2D eigenvalue weighted by Gasteiger charge is -2.37. The molecular formula is C25H32FN5O3. The molecule has 34 heavy (non-hydrogen) atoms. The number of hydrogen-bond acceptors (Lipinski definition) is 8. The highest BCUT2D eigenvalue weighted by Gasteiger charge is 2.29. The third kappa shape index (κ3) is 4.52. The van der Waals surface area contributed by atoms with Crippen LogP contribution in [0, 0.1) is 19.7 Å². The van der Waals surface area contributed by atoms with E-state index in [9.17, 15) is 5.11 Å². The normalized spacial score (nSPS) is 19.1.